The number of aromatic nitrogens is 2. The molecule has 0 bridgehead atoms. The summed E-state index contributed by atoms with van der Waals surface area (Å²) >= 11 is 0. The highest BCUT2D eigenvalue weighted by Gasteiger charge is 2.20. The number of rotatable bonds is 6. The van der Waals surface area contributed by atoms with Gasteiger partial charge in [-0.3, -0.25) is 4.99 Å². The molecule has 0 spiro atoms. The Morgan fingerprint density at radius 3 is 2.77 bits per heavy atom. The fourth-order valence-corrected chi connectivity index (χ4v) is 3.21. The van der Waals surface area contributed by atoms with Crippen molar-refractivity contribution in [2.75, 3.05) is 20.2 Å². The number of aliphatic imine (C=N–C) groups is 1. The zero-order valence-electron chi connectivity index (χ0n) is 16.8. The maximum absolute atomic E-state index is 5.98. The molecule has 2 heterocycles. The number of halogens is 1. The maximum atomic E-state index is 5.98. The van der Waals surface area contributed by atoms with Crippen LogP contribution in [0, 0.1) is 0 Å². The number of hydrogen-bond acceptors (Lipinski definition) is 4. The highest BCUT2D eigenvalue weighted by atomic mass is 127. The number of nitrogens with one attached hydrogen (secondary N) is 2. The number of para-hydroxylation sites is 2. The lowest BCUT2D eigenvalue weighted by atomic mass is 10.1. The van der Waals surface area contributed by atoms with Crippen molar-refractivity contribution in [2.45, 2.75) is 19.2 Å². The van der Waals surface area contributed by atoms with Crippen molar-refractivity contribution < 1.29 is 9.47 Å². The molecule has 1 atom stereocenters. The van der Waals surface area contributed by atoms with E-state index in [9.17, 15) is 0 Å². The lowest BCUT2D eigenvalue weighted by molar-refractivity contribution is 0.0936. The summed E-state index contributed by atoms with van der Waals surface area (Å²) < 4.78 is 13.8. The zero-order valence-corrected chi connectivity index (χ0v) is 19.2. The van der Waals surface area contributed by atoms with Crippen molar-refractivity contribution in [2.24, 2.45) is 4.99 Å². The summed E-state index contributed by atoms with van der Waals surface area (Å²) in [6.07, 6.45) is 5.51. The molecule has 2 aromatic carbocycles. The summed E-state index contributed by atoms with van der Waals surface area (Å²) in [7, 11) is 1.76. The zero-order chi connectivity index (χ0) is 19.9. The molecular formula is C22H26IN5O2. The topological polar surface area (TPSA) is 72.7 Å². The molecule has 158 valence electrons. The van der Waals surface area contributed by atoms with Gasteiger partial charge in [-0.1, -0.05) is 36.4 Å². The highest BCUT2D eigenvalue weighted by Crippen LogP contribution is 2.30. The van der Waals surface area contributed by atoms with Crippen molar-refractivity contribution >= 4 is 29.9 Å². The predicted octanol–water partition coefficient (Wildman–Crippen LogP) is 3.05. The van der Waals surface area contributed by atoms with E-state index in [-0.39, 0.29) is 30.1 Å². The van der Waals surface area contributed by atoms with Crippen LogP contribution in [0.15, 0.2) is 72.2 Å². The van der Waals surface area contributed by atoms with Gasteiger partial charge in [0.15, 0.2) is 17.5 Å². The van der Waals surface area contributed by atoms with Crippen LogP contribution < -0.4 is 20.1 Å². The Balaban J connectivity index is 0.00000256. The van der Waals surface area contributed by atoms with Gasteiger partial charge >= 0.3 is 0 Å². The van der Waals surface area contributed by atoms with Gasteiger partial charge in [0.25, 0.3) is 0 Å². The molecule has 0 aliphatic carbocycles. The predicted molar refractivity (Wildman–Crippen MR) is 128 cm³/mol. The van der Waals surface area contributed by atoms with Gasteiger partial charge in [-0.05, 0) is 23.3 Å². The third kappa shape index (κ3) is 5.88. The van der Waals surface area contributed by atoms with Gasteiger partial charge in [0, 0.05) is 32.5 Å². The molecule has 3 aromatic rings. The van der Waals surface area contributed by atoms with E-state index in [1.807, 2.05) is 36.8 Å². The van der Waals surface area contributed by atoms with Crippen LogP contribution in [-0.2, 0) is 13.1 Å². The summed E-state index contributed by atoms with van der Waals surface area (Å²) in [5.41, 5.74) is 2.42. The SMILES string of the molecule is CN=C(NCc1cccc(Cn2ccnc2)c1)NCC1COc2ccccc2O1.I. The Kier molecular flexibility index (Phi) is 7.95. The number of nitrogens with zero attached hydrogens (tertiary/aromatic N) is 3. The Morgan fingerprint density at radius 1 is 1.13 bits per heavy atom. The van der Waals surface area contributed by atoms with E-state index in [0.717, 1.165) is 24.0 Å². The van der Waals surface area contributed by atoms with E-state index in [2.05, 4.69) is 49.4 Å². The minimum absolute atomic E-state index is 0. The summed E-state index contributed by atoms with van der Waals surface area (Å²) in [6.45, 7) is 2.61. The maximum Gasteiger partial charge on any atom is 0.191 e. The van der Waals surface area contributed by atoms with Crippen molar-refractivity contribution in [3.05, 3.63) is 78.4 Å². The van der Waals surface area contributed by atoms with E-state index < -0.39 is 0 Å². The largest absolute Gasteiger partial charge is 0.486 e. The van der Waals surface area contributed by atoms with Crippen molar-refractivity contribution in [1.29, 1.82) is 0 Å². The highest BCUT2D eigenvalue weighted by molar-refractivity contribution is 14.0. The summed E-state index contributed by atoms with van der Waals surface area (Å²) in [5, 5.41) is 6.67. The van der Waals surface area contributed by atoms with E-state index in [1.165, 1.54) is 11.1 Å². The van der Waals surface area contributed by atoms with Crippen LogP contribution >= 0.6 is 24.0 Å². The Morgan fingerprint density at radius 2 is 1.97 bits per heavy atom. The van der Waals surface area contributed by atoms with Crippen LogP contribution in [0.25, 0.3) is 0 Å². The first kappa shape index (κ1) is 21.9. The van der Waals surface area contributed by atoms with Crippen molar-refractivity contribution in [3.63, 3.8) is 0 Å². The molecule has 2 N–H and O–H groups in total. The second-order valence-corrected chi connectivity index (χ2v) is 6.86. The molecule has 1 aliphatic heterocycles. The lowest BCUT2D eigenvalue weighted by Crippen LogP contribution is -2.45. The van der Waals surface area contributed by atoms with E-state index >= 15 is 0 Å². The second-order valence-electron chi connectivity index (χ2n) is 6.86. The van der Waals surface area contributed by atoms with Crippen LogP contribution in [0.3, 0.4) is 0 Å². The van der Waals surface area contributed by atoms with Gasteiger partial charge in [-0.25, -0.2) is 4.98 Å². The molecule has 1 aromatic heterocycles. The first-order valence-corrected chi connectivity index (χ1v) is 9.67. The molecule has 30 heavy (non-hydrogen) atoms. The molecule has 0 amide bonds. The Labute approximate surface area is 193 Å². The molecular weight excluding hydrogens is 493 g/mol. The van der Waals surface area contributed by atoms with Crippen LogP contribution in [0.4, 0.5) is 0 Å². The molecule has 0 saturated carbocycles. The van der Waals surface area contributed by atoms with Gasteiger partial charge < -0.3 is 24.7 Å². The first-order chi connectivity index (χ1) is 14.3. The molecule has 7 nitrogen and oxygen atoms in total. The summed E-state index contributed by atoms with van der Waals surface area (Å²) in [6, 6.07) is 16.2. The fraction of sp³-hybridized carbons (Fsp3) is 0.273. The quantitative estimate of drug-likeness (QED) is 0.298. The number of imidazole rings is 1. The molecule has 0 saturated heterocycles. The monoisotopic (exact) mass is 519 g/mol. The number of guanidine groups is 1. The molecule has 0 fully saturated rings. The van der Waals surface area contributed by atoms with E-state index in [0.29, 0.717) is 19.7 Å². The number of benzene rings is 2. The normalized spacial score (nSPS) is 15.2. The van der Waals surface area contributed by atoms with Crippen LogP contribution in [-0.4, -0.2) is 41.8 Å². The first-order valence-electron chi connectivity index (χ1n) is 9.67. The number of ether oxygens (including phenoxy) is 2. The molecule has 4 rings (SSSR count). The smallest absolute Gasteiger partial charge is 0.191 e. The molecule has 1 aliphatic rings. The lowest BCUT2D eigenvalue weighted by Gasteiger charge is -2.27. The third-order valence-electron chi connectivity index (χ3n) is 4.66. The second kappa shape index (κ2) is 10.9. The minimum atomic E-state index is -0.0676. The van der Waals surface area contributed by atoms with Crippen LogP contribution in [0.2, 0.25) is 0 Å². The van der Waals surface area contributed by atoms with Crippen molar-refractivity contribution in [1.82, 2.24) is 20.2 Å². The summed E-state index contributed by atoms with van der Waals surface area (Å²) in [4.78, 5) is 8.39. The van der Waals surface area contributed by atoms with Crippen molar-refractivity contribution in [3.8, 4) is 11.5 Å². The molecule has 0 radical (unpaired) electrons. The summed E-state index contributed by atoms with van der Waals surface area (Å²) in [5.74, 6) is 2.30. The number of hydrogen-bond donors (Lipinski definition) is 2. The van der Waals surface area contributed by atoms with Gasteiger partial charge in [-0.2, -0.15) is 0 Å². The standard InChI is InChI=1S/C22H25N5O2.HI/c1-23-22(26-13-19-15-28-20-7-2-3-8-21(20)29-19)25-12-17-5-4-6-18(11-17)14-27-10-9-24-16-27;/h2-11,16,19H,12-15H2,1H3,(H2,23,25,26);1H. The third-order valence-corrected chi connectivity index (χ3v) is 4.66. The Bertz CT molecular complexity index is 962. The van der Waals surface area contributed by atoms with E-state index in [1.54, 1.807) is 13.2 Å². The number of fused-ring (bicyclic) bond motifs is 1. The fourth-order valence-electron chi connectivity index (χ4n) is 3.21. The van der Waals surface area contributed by atoms with Gasteiger partial charge in [0.1, 0.15) is 12.7 Å². The van der Waals surface area contributed by atoms with Crippen LogP contribution in [0.1, 0.15) is 11.1 Å². The average Bonchev–Trinajstić information content (AvgIpc) is 3.27. The molecule has 8 heteroatoms. The van der Waals surface area contributed by atoms with Gasteiger partial charge in [0.2, 0.25) is 0 Å². The molecule has 1 unspecified atom stereocenters. The average molecular weight is 519 g/mol. The van der Waals surface area contributed by atoms with Gasteiger partial charge in [0.05, 0.1) is 12.9 Å². The van der Waals surface area contributed by atoms with Crippen LogP contribution in [0.5, 0.6) is 11.5 Å². The minimum Gasteiger partial charge on any atom is -0.486 e. The van der Waals surface area contributed by atoms with E-state index in [4.69, 9.17) is 9.47 Å². The Hall–Kier alpha value is -2.75. The van der Waals surface area contributed by atoms with Gasteiger partial charge in [-0.15, -0.1) is 24.0 Å².